The summed E-state index contributed by atoms with van der Waals surface area (Å²) in [5.41, 5.74) is 7.26. The van der Waals surface area contributed by atoms with E-state index in [0.717, 1.165) is 22.9 Å². The van der Waals surface area contributed by atoms with Crippen LogP contribution in [0.4, 0.5) is 5.95 Å². The van der Waals surface area contributed by atoms with Crippen molar-refractivity contribution in [3.05, 3.63) is 22.7 Å². The Bertz CT molecular complexity index is 496. The van der Waals surface area contributed by atoms with Gasteiger partial charge in [0, 0.05) is 31.7 Å². The summed E-state index contributed by atoms with van der Waals surface area (Å²) in [6.45, 7) is 3.30. The second kappa shape index (κ2) is 5.20. The second-order valence-corrected chi connectivity index (χ2v) is 4.77. The molecule has 2 heterocycles. The molecular formula is C11H15N5S. The van der Waals surface area contributed by atoms with Gasteiger partial charge in [-0.25, -0.2) is 15.0 Å². The number of anilines is 1. The number of nitrogens with two attached hydrogens (primary N) is 1. The Hall–Kier alpha value is -1.53. The highest BCUT2D eigenvalue weighted by atomic mass is 32.1. The fourth-order valence-corrected chi connectivity index (χ4v) is 2.06. The number of aromatic nitrogens is 3. The van der Waals surface area contributed by atoms with Crippen molar-refractivity contribution in [3.8, 4) is 11.4 Å². The molecule has 0 atom stereocenters. The molecule has 0 unspecified atom stereocenters. The molecule has 0 saturated carbocycles. The van der Waals surface area contributed by atoms with Crippen LogP contribution in [0.1, 0.15) is 5.01 Å². The van der Waals surface area contributed by atoms with Gasteiger partial charge < -0.3 is 10.6 Å². The molecule has 90 valence electrons. The zero-order chi connectivity index (χ0) is 12.3. The van der Waals surface area contributed by atoms with Crippen LogP contribution in [0.25, 0.3) is 11.4 Å². The molecule has 0 aliphatic heterocycles. The first-order valence-electron chi connectivity index (χ1n) is 5.37. The average Bonchev–Trinajstić information content (AvgIpc) is 2.76. The molecule has 0 radical (unpaired) electrons. The highest BCUT2D eigenvalue weighted by Crippen LogP contribution is 2.20. The minimum absolute atomic E-state index is 0.583. The van der Waals surface area contributed by atoms with Crippen molar-refractivity contribution in [3.63, 3.8) is 0 Å². The summed E-state index contributed by atoms with van der Waals surface area (Å²) in [7, 11) is 1.93. The molecule has 6 heteroatoms. The molecule has 2 rings (SSSR count). The van der Waals surface area contributed by atoms with Gasteiger partial charge in [0.15, 0.2) is 0 Å². The molecule has 17 heavy (non-hydrogen) atoms. The molecule has 0 aliphatic rings. The molecule has 0 saturated heterocycles. The van der Waals surface area contributed by atoms with E-state index in [-0.39, 0.29) is 0 Å². The van der Waals surface area contributed by atoms with Gasteiger partial charge in [-0.05, 0) is 13.0 Å². The predicted octanol–water partition coefficient (Wildman–Crippen LogP) is 1.30. The first kappa shape index (κ1) is 11.9. The number of likely N-dealkylation sites (N-methyl/N-ethyl adjacent to an activating group) is 1. The smallest absolute Gasteiger partial charge is 0.225 e. The van der Waals surface area contributed by atoms with Crippen LogP contribution >= 0.6 is 11.3 Å². The van der Waals surface area contributed by atoms with Gasteiger partial charge in [0.05, 0.1) is 10.7 Å². The van der Waals surface area contributed by atoms with Crippen LogP contribution in [0.2, 0.25) is 0 Å². The Kier molecular flexibility index (Phi) is 3.65. The number of aryl methyl sites for hydroxylation is 1. The lowest BCUT2D eigenvalue weighted by molar-refractivity contribution is 0.846. The normalized spacial score (nSPS) is 10.5. The maximum atomic E-state index is 5.51. The molecule has 0 bridgehead atoms. The third kappa shape index (κ3) is 2.78. The van der Waals surface area contributed by atoms with Crippen LogP contribution in [-0.2, 0) is 0 Å². The van der Waals surface area contributed by atoms with Gasteiger partial charge in [0.25, 0.3) is 0 Å². The van der Waals surface area contributed by atoms with E-state index >= 15 is 0 Å². The summed E-state index contributed by atoms with van der Waals surface area (Å²) in [6, 6.07) is 1.87. The van der Waals surface area contributed by atoms with Crippen LogP contribution in [0, 0.1) is 6.92 Å². The molecule has 0 spiro atoms. The molecule has 0 fully saturated rings. The molecule has 0 aromatic carbocycles. The Labute approximate surface area is 104 Å². The minimum Gasteiger partial charge on any atom is -0.343 e. The Morgan fingerprint density at radius 1 is 1.35 bits per heavy atom. The number of nitrogens with zero attached hydrogens (tertiary/aromatic N) is 4. The maximum absolute atomic E-state index is 5.51. The standard InChI is InChI=1S/C11H15N5S/c1-8-14-10(7-17-8)9-3-5-13-11(15-9)16(2)6-4-12/h3,5,7H,4,6,12H2,1-2H3. The topological polar surface area (TPSA) is 67.9 Å². The van der Waals surface area contributed by atoms with E-state index in [4.69, 9.17) is 5.73 Å². The van der Waals surface area contributed by atoms with Crippen LogP contribution in [0.3, 0.4) is 0 Å². The largest absolute Gasteiger partial charge is 0.343 e. The first-order valence-corrected chi connectivity index (χ1v) is 6.25. The summed E-state index contributed by atoms with van der Waals surface area (Å²) in [4.78, 5) is 15.0. The van der Waals surface area contributed by atoms with Crippen molar-refractivity contribution in [1.82, 2.24) is 15.0 Å². The van der Waals surface area contributed by atoms with Crippen LogP contribution in [0.15, 0.2) is 17.6 Å². The van der Waals surface area contributed by atoms with Gasteiger partial charge in [-0.3, -0.25) is 0 Å². The van der Waals surface area contributed by atoms with E-state index < -0.39 is 0 Å². The summed E-state index contributed by atoms with van der Waals surface area (Å²) in [6.07, 6.45) is 1.75. The van der Waals surface area contributed by atoms with E-state index in [9.17, 15) is 0 Å². The monoisotopic (exact) mass is 249 g/mol. The van der Waals surface area contributed by atoms with Crippen molar-refractivity contribution < 1.29 is 0 Å². The van der Waals surface area contributed by atoms with Crippen LogP contribution in [0.5, 0.6) is 0 Å². The summed E-state index contributed by atoms with van der Waals surface area (Å²) < 4.78 is 0. The molecule has 2 aromatic heterocycles. The van der Waals surface area contributed by atoms with Gasteiger partial charge in [-0.15, -0.1) is 11.3 Å². The van der Waals surface area contributed by atoms with E-state index in [1.165, 1.54) is 0 Å². The average molecular weight is 249 g/mol. The van der Waals surface area contributed by atoms with Crippen molar-refractivity contribution in [2.75, 3.05) is 25.0 Å². The minimum atomic E-state index is 0.583. The third-order valence-corrected chi connectivity index (χ3v) is 3.10. The zero-order valence-corrected chi connectivity index (χ0v) is 10.7. The highest BCUT2D eigenvalue weighted by Gasteiger charge is 2.07. The van der Waals surface area contributed by atoms with Crippen molar-refractivity contribution >= 4 is 17.3 Å². The lowest BCUT2D eigenvalue weighted by Gasteiger charge is -2.15. The molecule has 0 amide bonds. The highest BCUT2D eigenvalue weighted by molar-refractivity contribution is 7.09. The summed E-state index contributed by atoms with van der Waals surface area (Å²) in [5.74, 6) is 0.679. The number of thiazole rings is 1. The SMILES string of the molecule is Cc1nc(-c2ccnc(N(C)CCN)n2)cs1. The predicted molar refractivity (Wildman–Crippen MR) is 70.2 cm³/mol. The Morgan fingerprint density at radius 2 is 2.18 bits per heavy atom. The molecular weight excluding hydrogens is 234 g/mol. The van der Waals surface area contributed by atoms with Gasteiger partial charge >= 0.3 is 0 Å². The zero-order valence-electron chi connectivity index (χ0n) is 9.92. The Balaban J connectivity index is 2.28. The fraction of sp³-hybridized carbons (Fsp3) is 0.364. The van der Waals surface area contributed by atoms with Crippen LogP contribution < -0.4 is 10.6 Å². The van der Waals surface area contributed by atoms with E-state index in [1.54, 1.807) is 17.5 Å². The fourth-order valence-electron chi connectivity index (χ4n) is 1.45. The van der Waals surface area contributed by atoms with Gasteiger partial charge in [-0.2, -0.15) is 0 Å². The van der Waals surface area contributed by atoms with E-state index in [0.29, 0.717) is 12.5 Å². The van der Waals surface area contributed by atoms with Gasteiger partial charge in [-0.1, -0.05) is 0 Å². The van der Waals surface area contributed by atoms with Crippen molar-refractivity contribution in [1.29, 1.82) is 0 Å². The number of hydrogen-bond acceptors (Lipinski definition) is 6. The summed E-state index contributed by atoms with van der Waals surface area (Å²) in [5, 5.41) is 3.04. The molecule has 2 N–H and O–H groups in total. The van der Waals surface area contributed by atoms with Gasteiger partial charge in [0.1, 0.15) is 5.69 Å². The van der Waals surface area contributed by atoms with Crippen LogP contribution in [-0.4, -0.2) is 35.1 Å². The molecule has 0 aliphatic carbocycles. The van der Waals surface area contributed by atoms with Crippen molar-refractivity contribution in [2.45, 2.75) is 6.92 Å². The molecule has 2 aromatic rings. The lowest BCUT2D eigenvalue weighted by atomic mass is 10.3. The maximum Gasteiger partial charge on any atom is 0.225 e. The van der Waals surface area contributed by atoms with Gasteiger partial charge in [0.2, 0.25) is 5.95 Å². The van der Waals surface area contributed by atoms with E-state index in [1.807, 2.05) is 30.3 Å². The summed E-state index contributed by atoms with van der Waals surface area (Å²) >= 11 is 1.62. The lowest BCUT2D eigenvalue weighted by Crippen LogP contribution is -2.26. The Morgan fingerprint density at radius 3 is 2.82 bits per heavy atom. The van der Waals surface area contributed by atoms with E-state index in [2.05, 4.69) is 15.0 Å². The quantitative estimate of drug-likeness (QED) is 0.884. The molecule has 5 nitrogen and oxygen atoms in total. The first-order chi connectivity index (χ1) is 8.20. The number of hydrogen-bond donors (Lipinski definition) is 1. The number of rotatable bonds is 4. The van der Waals surface area contributed by atoms with Crippen molar-refractivity contribution in [2.24, 2.45) is 5.73 Å². The second-order valence-electron chi connectivity index (χ2n) is 3.70. The third-order valence-electron chi connectivity index (χ3n) is 2.33.